The van der Waals surface area contributed by atoms with Crippen LogP contribution in [0.4, 0.5) is 4.79 Å². The lowest BCUT2D eigenvalue weighted by atomic mass is 9.96. The Morgan fingerprint density at radius 1 is 1.06 bits per heavy atom. The molecule has 0 aromatic heterocycles. The molecule has 0 spiro atoms. The van der Waals surface area contributed by atoms with Gasteiger partial charge in [0.05, 0.1) is 6.10 Å². The largest absolute Gasteiger partial charge is 0.391 e. The monoisotopic (exact) mass is 240 g/mol. The predicted octanol–water partition coefficient (Wildman–Crippen LogP) is 1.69. The molecule has 1 N–H and O–H groups in total. The van der Waals surface area contributed by atoms with Crippen LogP contribution in [-0.2, 0) is 0 Å². The molecule has 2 aliphatic rings. The molecular weight excluding hydrogens is 216 g/mol. The molecular formula is C13H24N2O2. The van der Waals surface area contributed by atoms with Crippen molar-refractivity contribution in [3.63, 3.8) is 0 Å². The van der Waals surface area contributed by atoms with Crippen LogP contribution in [0.2, 0.25) is 0 Å². The summed E-state index contributed by atoms with van der Waals surface area (Å²) in [6, 6.07) is 0.137. The minimum absolute atomic E-state index is 0.137. The molecule has 0 bridgehead atoms. The molecule has 2 atom stereocenters. The third-order valence-electron chi connectivity index (χ3n) is 4.07. The first kappa shape index (κ1) is 12.7. The summed E-state index contributed by atoms with van der Waals surface area (Å²) < 4.78 is 0. The van der Waals surface area contributed by atoms with Crippen molar-refractivity contribution >= 4 is 6.03 Å². The molecule has 0 aliphatic carbocycles. The van der Waals surface area contributed by atoms with Gasteiger partial charge in [-0.15, -0.1) is 0 Å². The van der Waals surface area contributed by atoms with Gasteiger partial charge in [-0.05, 0) is 25.2 Å². The Labute approximate surface area is 104 Å². The highest BCUT2D eigenvalue weighted by molar-refractivity contribution is 5.74. The van der Waals surface area contributed by atoms with Gasteiger partial charge < -0.3 is 14.9 Å². The highest BCUT2D eigenvalue weighted by Gasteiger charge is 2.29. The second kappa shape index (κ2) is 5.71. The summed E-state index contributed by atoms with van der Waals surface area (Å²) in [6.45, 7) is 5.14. The highest BCUT2D eigenvalue weighted by atomic mass is 16.3. The van der Waals surface area contributed by atoms with Crippen molar-refractivity contribution in [3.05, 3.63) is 0 Å². The summed E-state index contributed by atoms with van der Waals surface area (Å²) in [6.07, 6.45) is 5.30. The Kier molecular flexibility index (Phi) is 4.26. The number of hydrogen-bond donors (Lipinski definition) is 1. The Balaban J connectivity index is 1.90. The summed E-state index contributed by atoms with van der Waals surface area (Å²) in [5, 5.41) is 9.84. The molecule has 4 nitrogen and oxygen atoms in total. The van der Waals surface area contributed by atoms with E-state index in [4.69, 9.17) is 0 Å². The minimum atomic E-state index is -0.348. The number of urea groups is 1. The summed E-state index contributed by atoms with van der Waals surface area (Å²) >= 11 is 0. The molecule has 2 amide bonds. The predicted molar refractivity (Wildman–Crippen MR) is 66.8 cm³/mol. The molecule has 2 unspecified atom stereocenters. The van der Waals surface area contributed by atoms with Crippen LogP contribution in [0.3, 0.4) is 0 Å². The Bertz CT molecular complexity index is 262. The fraction of sp³-hybridized carbons (Fsp3) is 0.923. The molecule has 2 saturated heterocycles. The highest BCUT2D eigenvalue weighted by Crippen LogP contribution is 2.19. The summed E-state index contributed by atoms with van der Waals surface area (Å²) in [7, 11) is 0. The van der Waals surface area contributed by atoms with E-state index in [1.54, 1.807) is 0 Å². The molecule has 0 radical (unpaired) electrons. The average molecular weight is 240 g/mol. The lowest BCUT2D eigenvalue weighted by Gasteiger charge is -2.37. The third kappa shape index (κ3) is 3.12. The topological polar surface area (TPSA) is 43.8 Å². The number of likely N-dealkylation sites (tertiary alicyclic amines) is 2. The zero-order chi connectivity index (χ0) is 12.3. The molecule has 0 saturated carbocycles. The van der Waals surface area contributed by atoms with E-state index in [1.807, 2.05) is 9.80 Å². The standard InChI is InChI=1S/C13H24N2O2/c1-11-6-9-15(10-12(11)16)13(17)14-7-4-2-3-5-8-14/h11-12,16H,2-10H2,1H3. The zero-order valence-corrected chi connectivity index (χ0v) is 10.8. The number of hydrogen-bond acceptors (Lipinski definition) is 2. The molecule has 2 fully saturated rings. The second-order valence-electron chi connectivity index (χ2n) is 5.46. The summed E-state index contributed by atoms with van der Waals surface area (Å²) in [4.78, 5) is 16.1. The van der Waals surface area contributed by atoms with Crippen molar-refractivity contribution in [2.24, 2.45) is 5.92 Å². The van der Waals surface area contributed by atoms with Gasteiger partial charge in [0.25, 0.3) is 0 Å². The van der Waals surface area contributed by atoms with E-state index < -0.39 is 0 Å². The van der Waals surface area contributed by atoms with Crippen LogP contribution >= 0.6 is 0 Å². The van der Waals surface area contributed by atoms with Crippen LogP contribution in [0.15, 0.2) is 0 Å². The number of carbonyl (C=O) groups is 1. The Morgan fingerprint density at radius 3 is 2.29 bits per heavy atom. The lowest BCUT2D eigenvalue weighted by molar-refractivity contribution is 0.0354. The first-order valence-electron chi connectivity index (χ1n) is 6.90. The van der Waals surface area contributed by atoms with Gasteiger partial charge in [0.2, 0.25) is 0 Å². The number of piperidine rings is 1. The van der Waals surface area contributed by atoms with Crippen molar-refractivity contribution in [2.45, 2.75) is 45.1 Å². The van der Waals surface area contributed by atoms with Gasteiger partial charge in [0.1, 0.15) is 0 Å². The maximum absolute atomic E-state index is 12.3. The van der Waals surface area contributed by atoms with E-state index in [0.717, 1.165) is 38.9 Å². The van der Waals surface area contributed by atoms with Gasteiger partial charge >= 0.3 is 6.03 Å². The van der Waals surface area contributed by atoms with Crippen molar-refractivity contribution in [3.8, 4) is 0 Å². The number of rotatable bonds is 0. The molecule has 98 valence electrons. The normalized spacial score (nSPS) is 31.2. The zero-order valence-electron chi connectivity index (χ0n) is 10.8. The van der Waals surface area contributed by atoms with Gasteiger partial charge in [0.15, 0.2) is 0 Å². The van der Waals surface area contributed by atoms with Gasteiger partial charge in [-0.1, -0.05) is 19.8 Å². The van der Waals surface area contributed by atoms with E-state index in [0.29, 0.717) is 12.5 Å². The molecule has 0 aromatic rings. The lowest BCUT2D eigenvalue weighted by Crippen LogP contribution is -2.51. The SMILES string of the molecule is CC1CCN(C(=O)N2CCCCCC2)CC1O. The first-order chi connectivity index (χ1) is 8.18. The summed E-state index contributed by atoms with van der Waals surface area (Å²) in [5.74, 6) is 0.322. The smallest absolute Gasteiger partial charge is 0.320 e. The van der Waals surface area contributed by atoms with Crippen molar-refractivity contribution < 1.29 is 9.90 Å². The molecule has 2 rings (SSSR count). The van der Waals surface area contributed by atoms with E-state index in [-0.39, 0.29) is 12.1 Å². The van der Waals surface area contributed by atoms with Crippen LogP contribution in [0.5, 0.6) is 0 Å². The van der Waals surface area contributed by atoms with Crippen LogP contribution in [0, 0.1) is 5.92 Å². The van der Waals surface area contributed by atoms with Crippen LogP contribution in [0.1, 0.15) is 39.0 Å². The van der Waals surface area contributed by atoms with Gasteiger partial charge in [-0.25, -0.2) is 4.79 Å². The van der Waals surface area contributed by atoms with Gasteiger partial charge in [-0.2, -0.15) is 0 Å². The van der Waals surface area contributed by atoms with Crippen LogP contribution < -0.4 is 0 Å². The number of aliphatic hydroxyl groups excluding tert-OH is 1. The molecule has 2 aliphatic heterocycles. The Hall–Kier alpha value is -0.770. The van der Waals surface area contributed by atoms with Crippen molar-refractivity contribution in [1.82, 2.24) is 9.80 Å². The number of nitrogens with zero attached hydrogens (tertiary/aromatic N) is 2. The fourth-order valence-corrected chi connectivity index (χ4v) is 2.68. The number of β-amino-alcohol motifs (C(OH)–C–C–N with tert-alkyl or cyclic N) is 1. The quantitative estimate of drug-likeness (QED) is 0.700. The number of aliphatic hydroxyl groups is 1. The average Bonchev–Trinajstić information content (AvgIpc) is 2.60. The minimum Gasteiger partial charge on any atom is -0.391 e. The van der Waals surface area contributed by atoms with Gasteiger partial charge in [-0.3, -0.25) is 0 Å². The molecule has 2 heterocycles. The molecule has 4 heteroatoms. The fourth-order valence-electron chi connectivity index (χ4n) is 2.68. The molecule has 17 heavy (non-hydrogen) atoms. The third-order valence-corrected chi connectivity index (χ3v) is 4.07. The maximum Gasteiger partial charge on any atom is 0.320 e. The van der Waals surface area contributed by atoms with Gasteiger partial charge in [0, 0.05) is 26.2 Å². The summed E-state index contributed by atoms with van der Waals surface area (Å²) in [5.41, 5.74) is 0. The van der Waals surface area contributed by atoms with E-state index in [1.165, 1.54) is 12.8 Å². The van der Waals surface area contributed by atoms with E-state index in [2.05, 4.69) is 6.92 Å². The first-order valence-corrected chi connectivity index (χ1v) is 6.90. The van der Waals surface area contributed by atoms with E-state index in [9.17, 15) is 9.90 Å². The van der Waals surface area contributed by atoms with Crippen LogP contribution in [-0.4, -0.2) is 53.2 Å². The second-order valence-corrected chi connectivity index (χ2v) is 5.46. The van der Waals surface area contributed by atoms with E-state index >= 15 is 0 Å². The number of amides is 2. The molecule has 0 aromatic carbocycles. The number of carbonyl (C=O) groups excluding carboxylic acids is 1. The Morgan fingerprint density at radius 2 is 1.71 bits per heavy atom. The van der Waals surface area contributed by atoms with Crippen molar-refractivity contribution in [1.29, 1.82) is 0 Å². The maximum atomic E-state index is 12.3. The van der Waals surface area contributed by atoms with Crippen molar-refractivity contribution in [2.75, 3.05) is 26.2 Å². The van der Waals surface area contributed by atoms with Crippen LogP contribution in [0.25, 0.3) is 0 Å².